The molecule has 0 aliphatic rings. The van der Waals surface area contributed by atoms with Gasteiger partial charge in [-0.05, 0) is 62.1 Å². The van der Waals surface area contributed by atoms with Gasteiger partial charge in [-0.15, -0.1) is 0 Å². The summed E-state index contributed by atoms with van der Waals surface area (Å²) >= 11 is 0. The molecule has 2 heteroatoms. The molecule has 0 radical (unpaired) electrons. The quantitative estimate of drug-likeness (QED) is 0.801. The normalized spacial score (nSPS) is 10.5. The Morgan fingerprint density at radius 2 is 1.85 bits per heavy atom. The van der Waals surface area contributed by atoms with Crippen molar-refractivity contribution in [3.05, 3.63) is 59.7 Å². The van der Waals surface area contributed by atoms with Crippen molar-refractivity contribution >= 4 is 11.4 Å². The molecule has 0 bridgehead atoms. The summed E-state index contributed by atoms with van der Waals surface area (Å²) in [5.41, 5.74) is 10.6. The van der Waals surface area contributed by atoms with Crippen LogP contribution >= 0.6 is 0 Å². The summed E-state index contributed by atoms with van der Waals surface area (Å²) in [5, 5.41) is 0. The molecule has 2 rings (SSSR count). The van der Waals surface area contributed by atoms with Crippen molar-refractivity contribution in [1.82, 2.24) is 0 Å². The summed E-state index contributed by atoms with van der Waals surface area (Å²) in [6.45, 7) is 6.47. The van der Waals surface area contributed by atoms with Gasteiger partial charge in [0.25, 0.3) is 0 Å². The third-order valence-corrected chi connectivity index (χ3v) is 3.59. The minimum atomic E-state index is 0.855. The van der Waals surface area contributed by atoms with E-state index < -0.39 is 0 Å². The fourth-order valence-electron chi connectivity index (χ4n) is 2.52. The number of nitrogens with two attached hydrogens (primary N) is 1. The van der Waals surface area contributed by atoms with Crippen LogP contribution in [-0.4, -0.2) is 13.1 Å². The van der Waals surface area contributed by atoms with Gasteiger partial charge in [-0.2, -0.15) is 0 Å². The van der Waals surface area contributed by atoms with E-state index in [-0.39, 0.29) is 0 Å². The minimum Gasteiger partial charge on any atom is -0.399 e. The number of aryl methyl sites for hydroxylation is 2. The Morgan fingerprint density at radius 1 is 1.05 bits per heavy atom. The van der Waals surface area contributed by atoms with Gasteiger partial charge >= 0.3 is 0 Å². The van der Waals surface area contributed by atoms with Gasteiger partial charge in [-0.1, -0.05) is 24.3 Å². The van der Waals surface area contributed by atoms with Crippen molar-refractivity contribution in [2.45, 2.75) is 26.7 Å². The Bertz CT molecular complexity index is 549. The van der Waals surface area contributed by atoms with Gasteiger partial charge in [0.05, 0.1) is 0 Å². The minimum absolute atomic E-state index is 0.855. The lowest BCUT2D eigenvalue weighted by Gasteiger charge is -2.23. The summed E-state index contributed by atoms with van der Waals surface area (Å²) in [6, 6.07) is 16.9. The molecular formula is C18H24N2. The van der Waals surface area contributed by atoms with Gasteiger partial charge in [0, 0.05) is 24.5 Å². The maximum atomic E-state index is 5.81. The van der Waals surface area contributed by atoms with E-state index in [9.17, 15) is 0 Å². The van der Waals surface area contributed by atoms with E-state index in [1.807, 2.05) is 12.1 Å². The smallest absolute Gasteiger partial charge is 0.0368 e. The zero-order chi connectivity index (χ0) is 14.4. The summed E-state index contributed by atoms with van der Waals surface area (Å²) in [5.74, 6) is 0. The second-order valence-corrected chi connectivity index (χ2v) is 5.27. The van der Waals surface area contributed by atoms with Gasteiger partial charge in [0.15, 0.2) is 0 Å². The highest BCUT2D eigenvalue weighted by Crippen LogP contribution is 2.17. The lowest BCUT2D eigenvalue weighted by atomic mass is 10.1. The Hall–Kier alpha value is -1.96. The average Bonchev–Trinajstić information content (AvgIpc) is 2.44. The van der Waals surface area contributed by atoms with E-state index in [1.165, 1.54) is 16.8 Å². The van der Waals surface area contributed by atoms with Gasteiger partial charge in [0.2, 0.25) is 0 Å². The number of benzene rings is 2. The average molecular weight is 268 g/mol. The molecule has 2 aromatic rings. The van der Waals surface area contributed by atoms with E-state index in [1.54, 1.807) is 0 Å². The molecule has 2 N–H and O–H groups in total. The molecule has 0 aromatic heterocycles. The Labute approximate surface area is 122 Å². The lowest BCUT2D eigenvalue weighted by Crippen LogP contribution is -2.24. The first kappa shape index (κ1) is 14.4. The predicted octanol–water partition coefficient (Wildman–Crippen LogP) is 4.04. The molecule has 0 unspecified atom stereocenters. The molecule has 0 amide bonds. The molecule has 0 aliphatic heterocycles. The van der Waals surface area contributed by atoms with E-state index >= 15 is 0 Å². The third kappa shape index (κ3) is 4.02. The van der Waals surface area contributed by atoms with Gasteiger partial charge < -0.3 is 10.6 Å². The van der Waals surface area contributed by atoms with Crippen molar-refractivity contribution in [1.29, 1.82) is 0 Å². The van der Waals surface area contributed by atoms with Crippen LogP contribution in [0.25, 0.3) is 0 Å². The zero-order valence-electron chi connectivity index (χ0n) is 12.5. The molecule has 0 spiro atoms. The number of hydrogen-bond donors (Lipinski definition) is 1. The largest absolute Gasteiger partial charge is 0.399 e. The Kier molecular flexibility index (Phi) is 5.05. The van der Waals surface area contributed by atoms with Crippen LogP contribution in [0, 0.1) is 6.92 Å². The predicted molar refractivity (Wildman–Crippen MR) is 88.2 cm³/mol. The molecule has 0 heterocycles. The van der Waals surface area contributed by atoms with Crippen LogP contribution < -0.4 is 10.6 Å². The van der Waals surface area contributed by atoms with Gasteiger partial charge in [-0.25, -0.2) is 0 Å². The van der Waals surface area contributed by atoms with Crippen LogP contribution in [0.5, 0.6) is 0 Å². The SMILES string of the molecule is CCN(CCCc1cccc(N)c1)c1cccc(C)c1. The van der Waals surface area contributed by atoms with Crippen molar-refractivity contribution in [2.75, 3.05) is 23.7 Å². The van der Waals surface area contributed by atoms with E-state index in [2.05, 4.69) is 55.1 Å². The monoisotopic (exact) mass is 268 g/mol. The van der Waals surface area contributed by atoms with Crippen molar-refractivity contribution < 1.29 is 0 Å². The number of rotatable bonds is 6. The van der Waals surface area contributed by atoms with Crippen molar-refractivity contribution in [3.8, 4) is 0 Å². The molecule has 2 aromatic carbocycles. The first-order valence-corrected chi connectivity index (χ1v) is 7.35. The van der Waals surface area contributed by atoms with Crippen LogP contribution in [0.15, 0.2) is 48.5 Å². The second kappa shape index (κ2) is 6.99. The fourth-order valence-corrected chi connectivity index (χ4v) is 2.52. The highest BCUT2D eigenvalue weighted by Gasteiger charge is 2.04. The van der Waals surface area contributed by atoms with Gasteiger partial charge in [-0.3, -0.25) is 0 Å². The summed E-state index contributed by atoms with van der Waals surface area (Å²) in [6.07, 6.45) is 2.22. The van der Waals surface area contributed by atoms with E-state index in [0.29, 0.717) is 0 Å². The summed E-state index contributed by atoms with van der Waals surface area (Å²) in [7, 11) is 0. The molecule has 20 heavy (non-hydrogen) atoms. The van der Waals surface area contributed by atoms with Crippen LogP contribution in [0.2, 0.25) is 0 Å². The van der Waals surface area contributed by atoms with Crippen LogP contribution in [-0.2, 0) is 6.42 Å². The van der Waals surface area contributed by atoms with Crippen LogP contribution in [0.1, 0.15) is 24.5 Å². The maximum Gasteiger partial charge on any atom is 0.0368 e. The number of hydrogen-bond acceptors (Lipinski definition) is 2. The lowest BCUT2D eigenvalue weighted by molar-refractivity contribution is 0.746. The molecule has 0 saturated carbocycles. The Morgan fingerprint density at radius 3 is 2.55 bits per heavy atom. The number of anilines is 2. The maximum absolute atomic E-state index is 5.81. The van der Waals surface area contributed by atoms with Gasteiger partial charge in [0.1, 0.15) is 0 Å². The first-order chi connectivity index (χ1) is 9.69. The van der Waals surface area contributed by atoms with Crippen LogP contribution in [0.3, 0.4) is 0 Å². The van der Waals surface area contributed by atoms with Crippen LogP contribution in [0.4, 0.5) is 11.4 Å². The second-order valence-electron chi connectivity index (χ2n) is 5.27. The number of nitrogens with zero attached hydrogens (tertiary/aromatic N) is 1. The zero-order valence-corrected chi connectivity index (χ0v) is 12.5. The molecule has 2 nitrogen and oxygen atoms in total. The standard InChI is InChI=1S/C18H24N2/c1-3-20(18-11-4-7-15(2)13-18)12-6-9-16-8-5-10-17(19)14-16/h4-5,7-8,10-11,13-14H,3,6,9,12,19H2,1-2H3. The molecule has 0 aliphatic carbocycles. The highest BCUT2D eigenvalue weighted by atomic mass is 15.1. The molecule has 106 valence electrons. The third-order valence-electron chi connectivity index (χ3n) is 3.59. The molecular weight excluding hydrogens is 244 g/mol. The molecule has 0 atom stereocenters. The summed E-state index contributed by atoms with van der Waals surface area (Å²) < 4.78 is 0. The molecule has 0 fully saturated rings. The van der Waals surface area contributed by atoms with Crippen molar-refractivity contribution in [2.24, 2.45) is 0 Å². The topological polar surface area (TPSA) is 29.3 Å². The first-order valence-electron chi connectivity index (χ1n) is 7.35. The summed E-state index contributed by atoms with van der Waals surface area (Å²) in [4.78, 5) is 2.43. The Balaban J connectivity index is 1.91. The van der Waals surface area contributed by atoms with E-state index in [0.717, 1.165) is 31.6 Å². The van der Waals surface area contributed by atoms with E-state index in [4.69, 9.17) is 5.73 Å². The molecule has 0 saturated heterocycles. The fraction of sp³-hybridized carbons (Fsp3) is 0.333. The highest BCUT2D eigenvalue weighted by molar-refractivity contribution is 5.48. The number of nitrogen functional groups attached to an aromatic ring is 1. The van der Waals surface area contributed by atoms with Crippen molar-refractivity contribution in [3.63, 3.8) is 0 Å².